The molecule has 4 nitrogen and oxygen atoms in total. The number of hydrogen-bond acceptors (Lipinski definition) is 3. The molecule has 5 heteroatoms. The fraction of sp³-hybridized carbons (Fsp3) is 0.462. The van der Waals surface area contributed by atoms with Crippen molar-refractivity contribution < 1.29 is 9.53 Å². The van der Waals surface area contributed by atoms with Gasteiger partial charge in [0.2, 0.25) is 0 Å². The van der Waals surface area contributed by atoms with Gasteiger partial charge in [0.1, 0.15) is 0 Å². The Labute approximate surface area is 115 Å². The highest BCUT2D eigenvalue weighted by Gasteiger charge is 2.37. The molecule has 1 aromatic carbocycles. The van der Waals surface area contributed by atoms with E-state index in [1.54, 1.807) is 25.3 Å². The minimum Gasteiger partial charge on any atom is -0.398 e. The monoisotopic (exact) mass is 312 g/mol. The fourth-order valence-corrected chi connectivity index (χ4v) is 2.48. The number of amides is 1. The summed E-state index contributed by atoms with van der Waals surface area (Å²) < 4.78 is 6.32. The lowest BCUT2D eigenvalue weighted by molar-refractivity contribution is -0.0679. The zero-order chi connectivity index (χ0) is 13.2. The van der Waals surface area contributed by atoms with Crippen LogP contribution in [0, 0.1) is 0 Å². The van der Waals surface area contributed by atoms with Crippen molar-refractivity contribution in [3.8, 4) is 0 Å². The number of nitrogens with one attached hydrogen (secondary N) is 1. The summed E-state index contributed by atoms with van der Waals surface area (Å²) in [5, 5.41) is 2.89. The third-order valence-electron chi connectivity index (χ3n) is 3.53. The molecule has 3 N–H and O–H groups in total. The van der Waals surface area contributed by atoms with Crippen LogP contribution in [0.15, 0.2) is 22.7 Å². The van der Waals surface area contributed by atoms with Crippen molar-refractivity contribution in [3.05, 3.63) is 28.2 Å². The van der Waals surface area contributed by atoms with E-state index >= 15 is 0 Å². The minimum atomic E-state index is -0.167. The third kappa shape index (κ3) is 2.67. The van der Waals surface area contributed by atoms with Gasteiger partial charge in [-0.2, -0.15) is 0 Å². The predicted octanol–water partition coefficient (Wildman–Crippen LogP) is 2.33. The molecule has 0 aliphatic heterocycles. The fourth-order valence-electron chi connectivity index (χ4n) is 2.10. The first-order valence-corrected chi connectivity index (χ1v) is 6.74. The number of benzene rings is 1. The van der Waals surface area contributed by atoms with E-state index in [1.165, 1.54) is 0 Å². The number of nitrogens with two attached hydrogens (primary N) is 1. The van der Waals surface area contributed by atoms with E-state index < -0.39 is 0 Å². The standard InChI is InChI=1S/C13H17BrN2O2/c1-18-13(5-2-6-13)8-16-12(17)10-4-3-9(14)7-11(10)15/h3-4,7H,2,5-6,8,15H2,1H3,(H,16,17). The van der Waals surface area contributed by atoms with Gasteiger partial charge in [0.15, 0.2) is 0 Å². The molecule has 1 aliphatic carbocycles. The van der Waals surface area contributed by atoms with Crippen LogP contribution in [-0.4, -0.2) is 25.2 Å². The maximum Gasteiger partial charge on any atom is 0.253 e. The van der Waals surface area contributed by atoms with E-state index in [1.807, 2.05) is 0 Å². The third-order valence-corrected chi connectivity index (χ3v) is 4.02. The molecular formula is C13H17BrN2O2. The highest BCUT2D eigenvalue weighted by molar-refractivity contribution is 9.10. The smallest absolute Gasteiger partial charge is 0.253 e. The minimum absolute atomic E-state index is 0.150. The number of methoxy groups -OCH3 is 1. The molecule has 0 aromatic heterocycles. The topological polar surface area (TPSA) is 64.3 Å². The summed E-state index contributed by atoms with van der Waals surface area (Å²) in [4.78, 5) is 12.0. The molecule has 0 radical (unpaired) electrons. The molecular weight excluding hydrogens is 296 g/mol. The molecule has 1 fully saturated rings. The van der Waals surface area contributed by atoms with E-state index in [9.17, 15) is 4.79 Å². The van der Waals surface area contributed by atoms with Crippen LogP contribution in [0.3, 0.4) is 0 Å². The highest BCUT2D eigenvalue weighted by Crippen LogP contribution is 2.34. The number of anilines is 1. The molecule has 98 valence electrons. The van der Waals surface area contributed by atoms with Crippen LogP contribution in [0.25, 0.3) is 0 Å². The van der Waals surface area contributed by atoms with Gasteiger partial charge in [0.25, 0.3) is 5.91 Å². The van der Waals surface area contributed by atoms with Crippen LogP contribution >= 0.6 is 15.9 Å². The summed E-state index contributed by atoms with van der Waals surface area (Å²) in [6.45, 7) is 0.540. The summed E-state index contributed by atoms with van der Waals surface area (Å²) in [5.74, 6) is -0.150. The van der Waals surface area contributed by atoms with Crippen LogP contribution in [0.5, 0.6) is 0 Å². The molecule has 1 aliphatic rings. The molecule has 18 heavy (non-hydrogen) atoms. The van der Waals surface area contributed by atoms with Crippen molar-refractivity contribution in [1.82, 2.24) is 5.32 Å². The second-order valence-corrected chi connectivity index (χ2v) is 5.57. The van der Waals surface area contributed by atoms with Crippen molar-refractivity contribution in [2.24, 2.45) is 0 Å². The van der Waals surface area contributed by atoms with Crippen molar-refractivity contribution in [2.75, 3.05) is 19.4 Å². The number of hydrogen-bond donors (Lipinski definition) is 2. The lowest BCUT2D eigenvalue weighted by Crippen LogP contribution is -2.49. The molecule has 2 rings (SSSR count). The van der Waals surface area contributed by atoms with Crippen LogP contribution in [-0.2, 0) is 4.74 Å². The van der Waals surface area contributed by atoms with E-state index in [0.29, 0.717) is 17.8 Å². The van der Waals surface area contributed by atoms with Crippen LogP contribution in [0.2, 0.25) is 0 Å². The van der Waals surface area contributed by atoms with E-state index in [0.717, 1.165) is 23.7 Å². The van der Waals surface area contributed by atoms with Gasteiger partial charge in [-0.1, -0.05) is 15.9 Å². The van der Waals surface area contributed by atoms with Gasteiger partial charge in [0, 0.05) is 23.8 Å². The first-order valence-electron chi connectivity index (χ1n) is 5.95. The second-order valence-electron chi connectivity index (χ2n) is 4.65. The van der Waals surface area contributed by atoms with Gasteiger partial charge >= 0.3 is 0 Å². The Bertz CT molecular complexity index is 453. The predicted molar refractivity (Wildman–Crippen MR) is 74.5 cm³/mol. The Balaban J connectivity index is 1.99. The summed E-state index contributed by atoms with van der Waals surface area (Å²) in [5.41, 5.74) is 6.63. The van der Waals surface area contributed by atoms with Gasteiger partial charge in [-0.15, -0.1) is 0 Å². The first kappa shape index (κ1) is 13.4. The van der Waals surface area contributed by atoms with Crippen LogP contribution in [0.4, 0.5) is 5.69 Å². The maximum atomic E-state index is 12.0. The van der Waals surface area contributed by atoms with Gasteiger partial charge in [-0.05, 0) is 37.5 Å². The average Bonchev–Trinajstić information content (AvgIpc) is 2.27. The number of carbonyl (C=O) groups excluding carboxylic acids is 1. The summed E-state index contributed by atoms with van der Waals surface area (Å²) in [6, 6.07) is 5.25. The number of halogens is 1. The zero-order valence-electron chi connectivity index (χ0n) is 10.3. The molecule has 0 spiro atoms. The highest BCUT2D eigenvalue weighted by atomic mass is 79.9. The van der Waals surface area contributed by atoms with Crippen molar-refractivity contribution >= 4 is 27.5 Å². The van der Waals surface area contributed by atoms with Crippen molar-refractivity contribution in [1.29, 1.82) is 0 Å². The normalized spacial score (nSPS) is 17.0. The Morgan fingerprint density at radius 1 is 1.56 bits per heavy atom. The average molecular weight is 313 g/mol. The number of rotatable bonds is 4. The molecule has 1 aromatic rings. The first-order chi connectivity index (χ1) is 8.56. The molecule has 0 atom stereocenters. The lowest BCUT2D eigenvalue weighted by Gasteiger charge is -2.40. The number of carbonyl (C=O) groups is 1. The Hall–Kier alpha value is -1.07. The van der Waals surface area contributed by atoms with E-state index in [4.69, 9.17) is 10.5 Å². The van der Waals surface area contributed by atoms with Gasteiger partial charge < -0.3 is 15.8 Å². The molecule has 0 unspecified atom stereocenters. The number of nitrogen functional groups attached to an aromatic ring is 1. The quantitative estimate of drug-likeness (QED) is 0.839. The second kappa shape index (κ2) is 5.28. The summed E-state index contributed by atoms with van der Waals surface area (Å²) in [7, 11) is 1.69. The van der Waals surface area contributed by atoms with E-state index in [2.05, 4.69) is 21.2 Å². The van der Waals surface area contributed by atoms with Gasteiger partial charge in [0.05, 0.1) is 11.2 Å². The van der Waals surface area contributed by atoms with E-state index in [-0.39, 0.29) is 11.5 Å². The van der Waals surface area contributed by atoms with Crippen LogP contribution < -0.4 is 11.1 Å². The largest absolute Gasteiger partial charge is 0.398 e. The molecule has 0 saturated heterocycles. The lowest BCUT2D eigenvalue weighted by atomic mass is 9.80. The molecule has 0 bridgehead atoms. The molecule has 0 heterocycles. The summed E-state index contributed by atoms with van der Waals surface area (Å²) >= 11 is 3.32. The maximum absolute atomic E-state index is 12.0. The zero-order valence-corrected chi connectivity index (χ0v) is 11.9. The number of ether oxygens (including phenoxy) is 1. The Morgan fingerprint density at radius 3 is 2.78 bits per heavy atom. The summed E-state index contributed by atoms with van der Waals surface area (Å²) in [6.07, 6.45) is 3.16. The molecule has 1 saturated carbocycles. The van der Waals surface area contributed by atoms with Crippen molar-refractivity contribution in [3.63, 3.8) is 0 Å². The Morgan fingerprint density at radius 2 is 2.28 bits per heavy atom. The van der Waals surface area contributed by atoms with Gasteiger partial charge in [-0.25, -0.2) is 0 Å². The van der Waals surface area contributed by atoms with Gasteiger partial charge in [-0.3, -0.25) is 4.79 Å². The van der Waals surface area contributed by atoms with Crippen molar-refractivity contribution in [2.45, 2.75) is 24.9 Å². The molecule has 1 amide bonds. The Kier molecular flexibility index (Phi) is 3.92. The van der Waals surface area contributed by atoms with Crippen LogP contribution in [0.1, 0.15) is 29.6 Å². The SMILES string of the molecule is COC1(CNC(=O)c2ccc(Br)cc2N)CCC1.